The van der Waals surface area contributed by atoms with Gasteiger partial charge in [-0.2, -0.15) is 0 Å². The van der Waals surface area contributed by atoms with Gasteiger partial charge in [-0.25, -0.2) is 0 Å². The van der Waals surface area contributed by atoms with Crippen LogP contribution in [0.4, 0.5) is 11.5 Å². The lowest BCUT2D eigenvalue weighted by Gasteiger charge is -2.14. The number of ether oxygens (including phenoxy) is 3. The van der Waals surface area contributed by atoms with Gasteiger partial charge in [0.05, 0.1) is 26.8 Å². The fraction of sp³-hybridized carbons (Fsp3) is 0.125. The normalized spacial score (nSPS) is 10.7. The minimum Gasteiger partial charge on any atom is -0.493 e. The number of methoxy groups -OCH3 is 3. The predicted molar refractivity (Wildman–Crippen MR) is 122 cm³/mol. The minimum absolute atomic E-state index is 0.453. The third-order valence-electron chi connectivity index (χ3n) is 5.06. The molecule has 0 unspecified atom stereocenters. The number of anilines is 2. The number of H-pyrrole nitrogens is 1. The Morgan fingerprint density at radius 2 is 1.61 bits per heavy atom. The van der Waals surface area contributed by atoms with Gasteiger partial charge >= 0.3 is 0 Å². The van der Waals surface area contributed by atoms with Crippen LogP contribution in [0.2, 0.25) is 0 Å². The maximum Gasteiger partial charge on any atom is 0.248 e. The average molecular weight is 417 g/mol. The van der Waals surface area contributed by atoms with Gasteiger partial charge in [-0.3, -0.25) is 4.79 Å². The predicted octanol–water partition coefficient (Wildman–Crippen LogP) is 4.70. The molecule has 0 saturated carbocycles. The largest absolute Gasteiger partial charge is 0.493 e. The summed E-state index contributed by atoms with van der Waals surface area (Å²) >= 11 is 0. The fourth-order valence-electron chi connectivity index (χ4n) is 3.61. The number of primary amides is 1. The van der Waals surface area contributed by atoms with E-state index in [1.165, 1.54) is 0 Å². The van der Waals surface area contributed by atoms with Crippen LogP contribution in [0, 0.1) is 0 Å². The number of benzene rings is 3. The van der Waals surface area contributed by atoms with Crippen LogP contribution < -0.4 is 25.3 Å². The lowest BCUT2D eigenvalue weighted by atomic mass is 10.0. The summed E-state index contributed by atoms with van der Waals surface area (Å²) in [6.07, 6.45) is 0. The Labute approximate surface area is 179 Å². The molecule has 0 saturated heterocycles. The van der Waals surface area contributed by atoms with E-state index < -0.39 is 5.91 Å². The van der Waals surface area contributed by atoms with E-state index in [1.54, 1.807) is 33.5 Å². The second-order valence-electron chi connectivity index (χ2n) is 6.94. The molecule has 7 heteroatoms. The molecule has 0 aliphatic heterocycles. The van der Waals surface area contributed by atoms with Crippen LogP contribution in [0.25, 0.3) is 22.0 Å². The van der Waals surface area contributed by atoms with Crippen molar-refractivity contribution in [1.29, 1.82) is 0 Å². The number of hydrogen-bond acceptors (Lipinski definition) is 5. The maximum absolute atomic E-state index is 11.6. The topological polar surface area (TPSA) is 98.6 Å². The molecule has 0 fully saturated rings. The van der Waals surface area contributed by atoms with Gasteiger partial charge in [0.2, 0.25) is 11.7 Å². The van der Waals surface area contributed by atoms with Crippen LogP contribution in [0.5, 0.6) is 17.2 Å². The molecule has 0 atom stereocenters. The molecule has 31 heavy (non-hydrogen) atoms. The molecule has 0 aliphatic carbocycles. The summed E-state index contributed by atoms with van der Waals surface area (Å²) in [6.45, 7) is 0. The zero-order valence-electron chi connectivity index (χ0n) is 17.5. The van der Waals surface area contributed by atoms with Crippen LogP contribution in [0.15, 0.2) is 60.7 Å². The Kier molecular flexibility index (Phi) is 5.41. The Bertz CT molecular complexity index is 1240. The zero-order valence-corrected chi connectivity index (χ0v) is 17.5. The lowest BCUT2D eigenvalue weighted by molar-refractivity contribution is 0.100. The smallest absolute Gasteiger partial charge is 0.248 e. The first-order valence-electron chi connectivity index (χ1n) is 9.63. The number of nitrogens with two attached hydrogens (primary N) is 1. The van der Waals surface area contributed by atoms with Gasteiger partial charge in [0, 0.05) is 34.3 Å². The third-order valence-corrected chi connectivity index (χ3v) is 5.06. The highest BCUT2D eigenvalue weighted by molar-refractivity contribution is 5.99. The number of rotatable bonds is 7. The number of hydrogen-bond donors (Lipinski definition) is 3. The summed E-state index contributed by atoms with van der Waals surface area (Å²) in [5.74, 6) is 1.99. The first-order valence-corrected chi connectivity index (χ1v) is 9.63. The molecule has 3 aromatic carbocycles. The monoisotopic (exact) mass is 417 g/mol. The van der Waals surface area contributed by atoms with Crippen molar-refractivity contribution >= 4 is 28.3 Å². The van der Waals surface area contributed by atoms with Gasteiger partial charge in [-0.15, -0.1) is 0 Å². The summed E-state index contributed by atoms with van der Waals surface area (Å²) in [4.78, 5) is 15.0. The van der Waals surface area contributed by atoms with Crippen LogP contribution in [-0.2, 0) is 0 Å². The number of amides is 1. The van der Waals surface area contributed by atoms with E-state index in [0.717, 1.165) is 33.5 Å². The Morgan fingerprint density at radius 1 is 0.903 bits per heavy atom. The standard InChI is InChI=1S/C24H23N3O4/c1-29-19-12-17(13-20(30-2)23(19)31-3)26-21-11-15-7-5-9-18(22(15)27-21)14-6-4-8-16(10-14)24(25)28/h4-13,26-27H,1-3H3,(H2,25,28). The number of carbonyl (C=O) groups excluding carboxylic acids is 1. The van der Waals surface area contributed by atoms with Crippen LogP contribution >= 0.6 is 0 Å². The second-order valence-corrected chi connectivity index (χ2v) is 6.94. The van der Waals surface area contributed by atoms with Crippen molar-refractivity contribution in [3.8, 4) is 28.4 Å². The molecule has 158 valence electrons. The van der Waals surface area contributed by atoms with Gasteiger partial charge in [0.15, 0.2) is 11.5 Å². The number of carbonyl (C=O) groups is 1. The van der Waals surface area contributed by atoms with E-state index in [0.29, 0.717) is 22.8 Å². The van der Waals surface area contributed by atoms with Gasteiger partial charge in [-0.05, 0) is 23.8 Å². The molecule has 4 N–H and O–H groups in total. The molecule has 0 bridgehead atoms. The fourth-order valence-corrected chi connectivity index (χ4v) is 3.61. The molecule has 1 heterocycles. The molecular weight excluding hydrogens is 394 g/mol. The molecule has 0 aliphatic rings. The molecule has 4 aromatic rings. The average Bonchev–Trinajstić information content (AvgIpc) is 3.20. The van der Waals surface area contributed by atoms with E-state index in [2.05, 4.69) is 10.3 Å². The summed E-state index contributed by atoms with van der Waals surface area (Å²) < 4.78 is 16.2. The second kappa shape index (κ2) is 8.31. The highest BCUT2D eigenvalue weighted by Crippen LogP contribution is 2.41. The number of fused-ring (bicyclic) bond motifs is 1. The summed E-state index contributed by atoms with van der Waals surface area (Å²) in [5, 5.41) is 4.38. The Balaban J connectivity index is 1.74. The van der Waals surface area contributed by atoms with Crippen molar-refractivity contribution in [2.45, 2.75) is 0 Å². The van der Waals surface area contributed by atoms with Crippen molar-refractivity contribution in [1.82, 2.24) is 4.98 Å². The highest BCUT2D eigenvalue weighted by atomic mass is 16.5. The zero-order chi connectivity index (χ0) is 22.0. The number of aromatic amines is 1. The summed E-state index contributed by atoms with van der Waals surface area (Å²) in [7, 11) is 4.73. The molecule has 0 radical (unpaired) electrons. The van der Waals surface area contributed by atoms with Crippen molar-refractivity contribution in [3.63, 3.8) is 0 Å². The lowest BCUT2D eigenvalue weighted by Crippen LogP contribution is -2.10. The van der Waals surface area contributed by atoms with Crippen molar-refractivity contribution in [3.05, 3.63) is 66.2 Å². The molecule has 1 amide bonds. The van der Waals surface area contributed by atoms with Gasteiger partial charge in [0.1, 0.15) is 5.82 Å². The van der Waals surface area contributed by atoms with Gasteiger partial charge in [0.25, 0.3) is 0 Å². The highest BCUT2D eigenvalue weighted by Gasteiger charge is 2.14. The van der Waals surface area contributed by atoms with E-state index in [4.69, 9.17) is 19.9 Å². The summed E-state index contributed by atoms with van der Waals surface area (Å²) in [6, 6.07) is 19.0. The maximum atomic E-state index is 11.6. The molecule has 7 nitrogen and oxygen atoms in total. The van der Waals surface area contributed by atoms with E-state index in [1.807, 2.05) is 48.5 Å². The van der Waals surface area contributed by atoms with Crippen molar-refractivity contribution in [2.75, 3.05) is 26.6 Å². The first kappa shape index (κ1) is 20.2. The van der Waals surface area contributed by atoms with Crippen LogP contribution in [0.3, 0.4) is 0 Å². The van der Waals surface area contributed by atoms with E-state index >= 15 is 0 Å². The number of para-hydroxylation sites is 1. The van der Waals surface area contributed by atoms with E-state index in [-0.39, 0.29) is 0 Å². The minimum atomic E-state index is -0.453. The number of nitrogens with one attached hydrogen (secondary N) is 2. The SMILES string of the molecule is COc1cc(Nc2cc3cccc(-c4cccc(C(N)=O)c4)c3[nH]2)cc(OC)c1OC. The molecular formula is C24H23N3O4. The Morgan fingerprint density at radius 3 is 2.26 bits per heavy atom. The number of aromatic nitrogens is 1. The van der Waals surface area contributed by atoms with Crippen LogP contribution in [-0.4, -0.2) is 32.2 Å². The molecule has 1 aromatic heterocycles. The van der Waals surface area contributed by atoms with Gasteiger partial charge < -0.3 is 30.2 Å². The molecule has 4 rings (SSSR count). The van der Waals surface area contributed by atoms with E-state index in [9.17, 15) is 4.79 Å². The van der Waals surface area contributed by atoms with Crippen molar-refractivity contribution < 1.29 is 19.0 Å². The van der Waals surface area contributed by atoms with Gasteiger partial charge in [-0.1, -0.05) is 30.3 Å². The quantitative estimate of drug-likeness (QED) is 0.405. The van der Waals surface area contributed by atoms with Crippen LogP contribution in [0.1, 0.15) is 10.4 Å². The first-order chi connectivity index (χ1) is 15.0. The third kappa shape index (κ3) is 3.85. The summed E-state index contributed by atoms with van der Waals surface area (Å²) in [5.41, 5.74) is 9.51. The van der Waals surface area contributed by atoms with Crippen molar-refractivity contribution in [2.24, 2.45) is 5.73 Å². The Hall–Kier alpha value is -4.13. The molecule has 0 spiro atoms.